The monoisotopic (exact) mass is 305 g/mol. The highest BCUT2D eigenvalue weighted by Gasteiger charge is 2.19. The molecule has 114 valence electrons. The molecule has 0 fully saturated rings. The van der Waals surface area contributed by atoms with E-state index in [4.69, 9.17) is 4.74 Å². The molecule has 2 rings (SSSR count). The van der Waals surface area contributed by atoms with Crippen molar-refractivity contribution in [2.45, 2.75) is 45.3 Å². The molecule has 3 nitrogen and oxygen atoms in total. The van der Waals surface area contributed by atoms with E-state index in [1.54, 1.807) is 18.4 Å². The number of aromatic nitrogens is 1. The Balaban J connectivity index is 2.14. The van der Waals surface area contributed by atoms with Crippen molar-refractivity contribution in [1.82, 2.24) is 4.98 Å². The van der Waals surface area contributed by atoms with Gasteiger partial charge in [-0.3, -0.25) is 0 Å². The smallest absolute Gasteiger partial charge is 0.0957 e. The molecule has 1 heterocycles. The molecule has 0 bridgehead atoms. The van der Waals surface area contributed by atoms with Crippen LogP contribution in [0.15, 0.2) is 29.6 Å². The predicted octanol–water partition coefficient (Wildman–Crippen LogP) is 3.86. The minimum atomic E-state index is -0.546. The molecule has 1 N–H and O–H groups in total. The number of thiazole rings is 1. The second-order valence-electron chi connectivity index (χ2n) is 6.23. The van der Waals surface area contributed by atoms with Crippen LogP contribution in [0.3, 0.4) is 0 Å². The summed E-state index contributed by atoms with van der Waals surface area (Å²) in [7, 11) is 1.67. The third-order valence-corrected chi connectivity index (χ3v) is 4.27. The summed E-state index contributed by atoms with van der Waals surface area (Å²) >= 11 is 1.62. The number of hydrogen-bond donors (Lipinski definition) is 1. The second-order valence-corrected chi connectivity index (χ2v) is 7.17. The molecule has 0 radical (unpaired) electrons. The van der Waals surface area contributed by atoms with Gasteiger partial charge in [0.25, 0.3) is 0 Å². The molecular weight excluding hydrogens is 282 g/mol. The van der Waals surface area contributed by atoms with Gasteiger partial charge in [0.05, 0.1) is 23.4 Å². The van der Waals surface area contributed by atoms with Gasteiger partial charge in [0.15, 0.2) is 0 Å². The Morgan fingerprint density at radius 2 is 2.00 bits per heavy atom. The first-order chi connectivity index (χ1) is 9.91. The second kappa shape index (κ2) is 6.69. The molecule has 0 aliphatic rings. The Labute approximate surface area is 130 Å². The highest BCUT2D eigenvalue weighted by molar-refractivity contribution is 7.09. The molecule has 1 unspecified atom stereocenters. The van der Waals surface area contributed by atoms with Gasteiger partial charge in [-0.2, -0.15) is 0 Å². The van der Waals surface area contributed by atoms with Gasteiger partial charge < -0.3 is 9.84 Å². The van der Waals surface area contributed by atoms with Gasteiger partial charge in [0.2, 0.25) is 0 Å². The number of nitrogens with zero attached hydrogens (tertiary/aromatic N) is 1. The van der Waals surface area contributed by atoms with Crippen molar-refractivity contribution >= 4 is 11.3 Å². The van der Waals surface area contributed by atoms with Gasteiger partial charge in [-0.25, -0.2) is 4.98 Å². The van der Waals surface area contributed by atoms with Crippen molar-refractivity contribution in [2.24, 2.45) is 0 Å². The van der Waals surface area contributed by atoms with Gasteiger partial charge >= 0.3 is 0 Å². The van der Waals surface area contributed by atoms with Crippen molar-refractivity contribution in [1.29, 1.82) is 0 Å². The maximum Gasteiger partial charge on any atom is 0.0957 e. The van der Waals surface area contributed by atoms with E-state index in [-0.39, 0.29) is 5.41 Å². The van der Waals surface area contributed by atoms with Crippen LogP contribution in [-0.4, -0.2) is 17.2 Å². The Bertz CT molecular complexity index is 586. The van der Waals surface area contributed by atoms with Crippen molar-refractivity contribution in [3.63, 3.8) is 0 Å². The lowest BCUT2D eigenvalue weighted by molar-refractivity contribution is 0.161. The summed E-state index contributed by atoms with van der Waals surface area (Å²) in [4.78, 5) is 4.65. The zero-order valence-electron chi connectivity index (χ0n) is 13.1. The van der Waals surface area contributed by atoms with E-state index in [9.17, 15) is 5.11 Å². The first-order valence-electron chi connectivity index (χ1n) is 7.11. The van der Waals surface area contributed by atoms with Crippen molar-refractivity contribution in [3.05, 3.63) is 51.5 Å². The number of ether oxygens (including phenoxy) is 1. The van der Waals surface area contributed by atoms with Crippen LogP contribution >= 0.6 is 11.3 Å². The fourth-order valence-corrected chi connectivity index (χ4v) is 3.23. The lowest BCUT2D eigenvalue weighted by Crippen LogP contribution is -2.12. The van der Waals surface area contributed by atoms with Crippen LogP contribution in [0, 0.1) is 0 Å². The SMILES string of the molecule is COCc1ccccc1C(O)Cc1nc(C(C)(C)C)cs1. The molecule has 1 aromatic carbocycles. The van der Waals surface area contributed by atoms with Crippen molar-refractivity contribution in [2.75, 3.05) is 7.11 Å². The average Bonchev–Trinajstić information content (AvgIpc) is 2.88. The minimum absolute atomic E-state index is 0.0493. The molecule has 0 aliphatic heterocycles. The molecule has 4 heteroatoms. The number of benzene rings is 1. The minimum Gasteiger partial charge on any atom is -0.388 e. The van der Waals surface area contributed by atoms with Crippen molar-refractivity contribution < 1.29 is 9.84 Å². The van der Waals surface area contributed by atoms with E-state index in [1.807, 2.05) is 24.3 Å². The number of hydrogen-bond acceptors (Lipinski definition) is 4. The number of aliphatic hydroxyl groups is 1. The van der Waals surface area contributed by atoms with Gasteiger partial charge in [-0.15, -0.1) is 11.3 Å². The molecule has 0 spiro atoms. The molecule has 0 aliphatic carbocycles. The topological polar surface area (TPSA) is 42.4 Å². The quantitative estimate of drug-likeness (QED) is 0.912. The molecule has 0 amide bonds. The Morgan fingerprint density at radius 1 is 1.29 bits per heavy atom. The van der Waals surface area contributed by atoms with E-state index in [0.717, 1.165) is 21.8 Å². The largest absolute Gasteiger partial charge is 0.388 e. The molecule has 2 aromatic rings. The molecule has 1 aromatic heterocycles. The molecule has 0 saturated carbocycles. The number of rotatable bonds is 5. The molecule has 1 atom stereocenters. The molecule has 0 saturated heterocycles. The Hall–Kier alpha value is -1.23. The zero-order chi connectivity index (χ0) is 15.5. The summed E-state index contributed by atoms with van der Waals surface area (Å²) in [6, 6.07) is 7.85. The Kier molecular flexibility index (Phi) is 5.14. The van der Waals surface area contributed by atoms with Crippen LogP contribution in [0.4, 0.5) is 0 Å². The van der Waals surface area contributed by atoms with Crippen LogP contribution in [0.1, 0.15) is 48.7 Å². The normalized spacial score (nSPS) is 13.4. The van der Waals surface area contributed by atoms with Gasteiger partial charge in [-0.1, -0.05) is 45.0 Å². The van der Waals surface area contributed by atoms with E-state index >= 15 is 0 Å². The van der Waals surface area contributed by atoms with E-state index < -0.39 is 6.10 Å². The summed E-state index contributed by atoms with van der Waals surface area (Å²) in [6.45, 7) is 6.96. The average molecular weight is 305 g/mol. The summed E-state index contributed by atoms with van der Waals surface area (Å²) in [5.41, 5.74) is 3.08. The van der Waals surface area contributed by atoms with Gasteiger partial charge in [0, 0.05) is 24.3 Å². The zero-order valence-corrected chi connectivity index (χ0v) is 13.9. The maximum absolute atomic E-state index is 10.5. The summed E-state index contributed by atoms with van der Waals surface area (Å²) in [6.07, 6.45) is -0.00287. The van der Waals surface area contributed by atoms with E-state index in [0.29, 0.717) is 13.0 Å². The fourth-order valence-electron chi connectivity index (χ4n) is 2.17. The third-order valence-electron chi connectivity index (χ3n) is 3.40. The highest BCUT2D eigenvalue weighted by atomic mass is 32.1. The van der Waals surface area contributed by atoms with Crippen LogP contribution in [0.25, 0.3) is 0 Å². The van der Waals surface area contributed by atoms with Crippen LogP contribution in [0.5, 0.6) is 0 Å². The van der Waals surface area contributed by atoms with Crippen LogP contribution in [-0.2, 0) is 23.2 Å². The van der Waals surface area contributed by atoms with Gasteiger partial charge in [-0.05, 0) is 11.1 Å². The van der Waals surface area contributed by atoms with Gasteiger partial charge in [0.1, 0.15) is 0 Å². The van der Waals surface area contributed by atoms with E-state index in [1.165, 1.54) is 0 Å². The summed E-state index contributed by atoms with van der Waals surface area (Å²) < 4.78 is 5.19. The lowest BCUT2D eigenvalue weighted by atomic mass is 9.93. The first kappa shape index (κ1) is 16.1. The predicted molar refractivity (Wildman–Crippen MR) is 86.6 cm³/mol. The summed E-state index contributed by atoms with van der Waals surface area (Å²) in [5.74, 6) is 0. The highest BCUT2D eigenvalue weighted by Crippen LogP contribution is 2.28. The Morgan fingerprint density at radius 3 is 2.62 bits per heavy atom. The first-order valence-corrected chi connectivity index (χ1v) is 7.99. The number of methoxy groups -OCH3 is 1. The fraction of sp³-hybridized carbons (Fsp3) is 0.471. The molecular formula is C17H23NO2S. The van der Waals surface area contributed by atoms with E-state index in [2.05, 4.69) is 31.1 Å². The number of aliphatic hydroxyl groups excluding tert-OH is 1. The lowest BCUT2D eigenvalue weighted by Gasteiger charge is -2.15. The van der Waals surface area contributed by atoms with Crippen molar-refractivity contribution in [3.8, 4) is 0 Å². The van der Waals surface area contributed by atoms with Crippen LogP contribution in [0.2, 0.25) is 0 Å². The standard InChI is InChI=1S/C17H23NO2S/c1-17(2,3)15-11-21-16(18-15)9-14(19)13-8-6-5-7-12(13)10-20-4/h5-8,11,14,19H,9-10H2,1-4H3. The van der Waals surface area contributed by atoms with Crippen LogP contribution < -0.4 is 0 Å². The third kappa shape index (κ3) is 4.13. The maximum atomic E-state index is 10.5. The summed E-state index contributed by atoms with van der Waals surface area (Å²) in [5, 5.41) is 13.6. The molecule has 21 heavy (non-hydrogen) atoms.